The molecule has 4 nitrogen and oxygen atoms in total. The lowest BCUT2D eigenvalue weighted by atomic mass is 10.1. The Morgan fingerprint density at radius 2 is 2.29 bits per heavy atom. The van der Waals surface area contributed by atoms with E-state index >= 15 is 0 Å². The number of aromatic amines is 1. The first-order chi connectivity index (χ1) is 8.19. The average molecular weight is 228 g/mol. The van der Waals surface area contributed by atoms with E-state index in [0.717, 1.165) is 29.8 Å². The molecule has 0 saturated carbocycles. The molecule has 0 aliphatic carbocycles. The number of hydrogen-bond acceptors (Lipinski definition) is 3. The van der Waals surface area contributed by atoms with E-state index in [0.29, 0.717) is 6.54 Å². The quantitative estimate of drug-likeness (QED) is 0.813. The van der Waals surface area contributed by atoms with Crippen molar-refractivity contribution in [1.82, 2.24) is 14.9 Å². The van der Waals surface area contributed by atoms with Crippen LogP contribution in [0.2, 0.25) is 0 Å². The van der Waals surface area contributed by atoms with Crippen molar-refractivity contribution in [3.63, 3.8) is 0 Å². The molecular formula is C13H16N4. The third-order valence-corrected chi connectivity index (χ3v) is 2.79. The number of rotatable bonds is 4. The summed E-state index contributed by atoms with van der Waals surface area (Å²) in [7, 11) is 1.96. The molecule has 1 N–H and O–H groups in total. The maximum Gasteiger partial charge on any atom is 0.104 e. The van der Waals surface area contributed by atoms with Crippen LogP contribution in [0.15, 0.2) is 18.2 Å². The number of benzene rings is 1. The molecule has 0 saturated heterocycles. The van der Waals surface area contributed by atoms with Crippen LogP contribution in [0, 0.1) is 18.3 Å². The van der Waals surface area contributed by atoms with Gasteiger partial charge in [0, 0.05) is 6.54 Å². The standard InChI is InChI=1S/C13H16N4/c1-10-15-12-4-3-11(9-13(12)16-10)5-7-17(2)8-6-14/h3-4,9H,5,7-8H2,1-2H3,(H,15,16). The van der Waals surface area contributed by atoms with E-state index in [2.05, 4.69) is 28.2 Å². The molecule has 0 bridgehead atoms. The Morgan fingerprint density at radius 3 is 3.06 bits per heavy atom. The number of H-pyrrole nitrogens is 1. The maximum absolute atomic E-state index is 8.57. The van der Waals surface area contributed by atoms with Gasteiger partial charge in [0.25, 0.3) is 0 Å². The fourth-order valence-corrected chi connectivity index (χ4v) is 1.86. The lowest BCUT2D eigenvalue weighted by molar-refractivity contribution is 0.379. The van der Waals surface area contributed by atoms with Gasteiger partial charge in [-0.15, -0.1) is 0 Å². The zero-order valence-electron chi connectivity index (χ0n) is 10.2. The van der Waals surface area contributed by atoms with Gasteiger partial charge in [0.05, 0.1) is 23.6 Å². The first-order valence-corrected chi connectivity index (χ1v) is 5.70. The van der Waals surface area contributed by atoms with Gasteiger partial charge in [0.1, 0.15) is 5.82 Å². The van der Waals surface area contributed by atoms with Gasteiger partial charge in [-0.1, -0.05) is 6.07 Å². The first kappa shape index (κ1) is 11.6. The van der Waals surface area contributed by atoms with Gasteiger partial charge in [0.15, 0.2) is 0 Å². The van der Waals surface area contributed by atoms with Gasteiger partial charge in [0.2, 0.25) is 0 Å². The molecule has 0 aliphatic heterocycles. The highest BCUT2D eigenvalue weighted by Crippen LogP contribution is 2.14. The Balaban J connectivity index is 2.06. The van der Waals surface area contributed by atoms with Crippen molar-refractivity contribution in [3.05, 3.63) is 29.6 Å². The monoisotopic (exact) mass is 228 g/mol. The number of nitrogens with zero attached hydrogens (tertiary/aromatic N) is 3. The van der Waals surface area contributed by atoms with Crippen molar-refractivity contribution < 1.29 is 0 Å². The Morgan fingerprint density at radius 1 is 1.47 bits per heavy atom. The number of imidazole rings is 1. The van der Waals surface area contributed by atoms with Crippen molar-refractivity contribution in [1.29, 1.82) is 5.26 Å². The fourth-order valence-electron chi connectivity index (χ4n) is 1.86. The minimum atomic E-state index is 0.478. The third-order valence-electron chi connectivity index (χ3n) is 2.79. The number of nitriles is 1. The van der Waals surface area contributed by atoms with Crippen molar-refractivity contribution in [3.8, 4) is 6.07 Å². The summed E-state index contributed by atoms with van der Waals surface area (Å²) >= 11 is 0. The Labute approximate surface area is 101 Å². The van der Waals surface area contributed by atoms with Gasteiger partial charge in [-0.3, -0.25) is 4.90 Å². The second-order valence-electron chi connectivity index (χ2n) is 4.32. The second kappa shape index (κ2) is 4.98. The molecule has 0 atom stereocenters. The summed E-state index contributed by atoms with van der Waals surface area (Å²) in [6, 6.07) is 8.42. The number of likely N-dealkylation sites (N-methyl/N-ethyl adjacent to an activating group) is 1. The van der Waals surface area contributed by atoms with Crippen molar-refractivity contribution in [2.45, 2.75) is 13.3 Å². The number of hydrogen-bond donors (Lipinski definition) is 1. The predicted octanol–water partition coefficient (Wildman–Crippen LogP) is 1.87. The Kier molecular flexibility index (Phi) is 3.40. The largest absolute Gasteiger partial charge is 0.342 e. The van der Waals surface area contributed by atoms with Gasteiger partial charge in [-0.25, -0.2) is 4.98 Å². The van der Waals surface area contributed by atoms with Crippen molar-refractivity contribution in [2.24, 2.45) is 0 Å². The van der Waals surface area contributed by atoms with Crippen LogP contribution in [0.5, 0.6) is 0 Å². The molecule has 1 aromatic carbocycles. The summed E-state index contributed by atoms with van der Waals surface area (Å²) in [5, 5.41) is 8.57. The fraction of sp³-hybridized carbons (Fsp3) is 0.385. The van der Waals surface area contributed by atoms with E-state index in [1.807, 2.05) is 24.9 Å². The summed E-state index contributed by atoms with van der Waals surface area (Å²) in [5.74, 6) is 0.943. The van der Waals surface area contributed by atoms with Crippen LogP contribution in [0.4, 0.5) is 0 Å². The lowest BCUT2D eigenvalue weighted by Crippen LogP contribution is -2.21. The van der Waals surface area contributed by atoms with E-state index in [9.17, 15) is 0 Å². The summed E-state index contributed by atoms with van der Waals surface area (Å²) in [6.07, 6.45) is 0.951. The second-order valence-corrected chi connectivity index (χ2v) is 4.32. The molecule has 17 heavy (non-hydrogen) atoms. The van der Waals surface area contributed by atoms with Gasteiger partial charge >= 0.3 is 0 Å². The lowest BCUT2D eigenvalue weighted by Gasteiger charge is -2.11. The van der Waals surface area contributed by atoms with Crippen LogP contribution in [-0.4, -0.2) is 35.0 Å². The molecule has 1 aromatic heterocycles. The van der Waals surface area contributed by atoms with E-state index in [-0.39, 0.29) is 0 Å². The SMILES string of the molecule is Cc1nc2ccc(CCN(C)CC#N)cc2[nH]1. The van der Waals surface area contributed by atoms with Crippen molar-refractivity contribution >= 4 is 11.0 Å². The van der Waals surface area contributed by atoms with Crippen LogP contribution < -0.4 is 0 Å². The van der Waals surface area contributed by atoms with Gasteiger partial charge < -0.3 is 4.98 Å². The average Bonchev–Trinajstić information content (AvgIpc) is 2.66. The topological polar surface area (TPSA) is 55.7 Å². The van der Waals surface area contributed by atoms with Crippen LogP contribution in [-0.2, 0) is 6.42 Å². The molecule has 0 aliphatic rings. The highest BCUT2D eigenvalue weighted by Gasteiger charge is 2.02. The minimum Gasteiger partial charge on any atom is -0.342 e. The van der Waals surface area contributed by atoms with E-state index < -0.39 is 0 Å². The van der Waals surface area contributed by atoms with Crippen LogP contribution in [0.25, 0.3) is 11.0 Å². The maximum atomic E-state index is 8.57. The van der Waals surface area contributed by atoms with Crippen molar-refractivity contribution in [2.75, 3.05) is 20.1 Å². The summed E-state index contributed by atoms with van der Waals surface area (Å²) < 4.78 is 0. The molecule has 0 amide bonds. The predicted molar refractivity (Wildman–Crippen MR) is 67.6 cm³/mol. The molecule has 4 heteroatoms. The zero-order valence-corrected chi connectivity index (χ0v) is 10.2. The number of aromatic nitrogens is 2. The van der Waals surface area contributed by atoms with E-state index in [1.165, 1.54) is 5.56 Å². The summed E-state index contributed by atoms with van der Waals surface area (Å²) in [6.45, 7) is 3.33. The first-order valence-electron chi connectivity index (χ1n) is 5.70. The minimum absolute atomic E-state index is 0.478. The molecule has 2 rings (SSSR count). The highest BCUT2D eigenvalue weighted by molar-refractivity contribution is 5.75. The summed E-state index contributed by atoms with van der Waals surface area (Å²) in [4.78, 5) is 9.62. The molecule has 1 heterocycles. The Hall–Kier alpha value is -1.86. The zero-order chi connectivity index (χ0) is 12.3. The smallest absolute Gasteiger partial charge is 0.104 e. The number of aryl methyl sites for hydroxylation is 1. The molecule has 0 fully saturated rings. The van der Waals surface area contributed by atoms with Crippen LogP contribution >= 0.6 is 0 Å². The number of nitrogens with one attached hydrogen (secondary N) is 1. The highest BCUT2D eigenvalue weighted by atomic mass is 15.1. The van der Waals surface area contributed by atoms with E-state index in [1.54, 1.807) is 0 Å². The molecule has 0 unspecified atom stereocenters. The Bertz CT molecular complexity index is 550. The van der Waals surface area contributed by atoms with Gasteiger partial charge in [-0.2, -0.15) is 5.26 Å². The molecule has 2 aromatic rings. The molecule has 88 valence electrons. The molecular weight excluding hydrogens is 212 g/mol. The normalized spacial score (nSPS) is 10.9. The van der Waals surface area contributed by atoms with Crippen LogP contribution in [0.3, 0.4) is 0 Å². The van der Waals surface area contributed by atoms with E-state index in [4.69, 9.17) is 5.26 Å². The number of fused-ring (bicyclic) bond motifs is 1. The van der Waals surface area contributed by atoms with Crippen LogP contribution in [0.1, 0.15) is 11.4 Å². The summed E-state index contributed by atoms with van der Waals surface area (Å²) in [5.41, 5.74) is 3.37. The third kappa shape index (κ3) is 2.83. The molecule has 0 spiro atoms. The molecule has 0 radical (unpaired) electrons. The van der Waals surface area contributed by atoms with Gasteiger partial charge in [-0.05, 0) is 38.1 Å².